The summed E-state index contributed by atoms with van der Waals surface area (Å²) in [5.41, 5.74) is 5.75. The molecule has 116 valence electrons. The predicted octanol–water partition coefficient (Wildman–Crippen LogP) is 1.71. The summed E-state index contributed by atoms with van der Waals surface area (Å²) in [4.78, 5) is 12.6. The van der Waals surface area contributed by atoms with Crippen LogP contribution in [0, 0.1) is 0 Å². The van der Waals surface area contributed by atoms with Crippen LogP contribution in [0.5, 0.6) is 0 Å². The molecule has 6 nitrogen and oxygen atoms in total. The zero-order valence-electron chi connectivity index (χ0n) is 11.3. The van der Waals surface area contributed by atoms with Crippen LogP contribution in [0.25, 0.3) is 11.0 Å². The van der Waals surface area contributed by atoms with Crippen LogP contribution in [0.4, 0.5) is 0 Å². The number of nitrogens with two attached hydrogens (primary N) is 1. The summed E-state index contributed by atoms with van der Waals surface area (Å²) in [5.74, 6) is 0. The number of para-hydroxylation sites is 2. The van der Waals surface area contributed by atoms with Gasteiger partial charge in [0, 0.05) is 13.1 Å². The smallest absolute Gasteiger partial charge is 0.329 e. The van der Waals surface area contributed by atoms with Gasteiger partial charge in [-0.05, 0) is 24.3 Å². The number of halogens is 1. The maximum Gasteiger partial charge on any atom is 0.343 e. The molecule has 2 aromatic heterocycles. The first-order valence-corrected chi connectivity index (χ1v) is 9.01. The van der Waals surface area contributed by atoms with E-state index in [0.717, 1.165) is 15.3 Å². The van der Waals surface area contributed by atoms with Crippen LogP contribution in [0.3, 0.4) is 0 Å². The van der Waals surface area contributed by atoms with Crippen LogP contribution in [-0.4, -0.2) is 23.5 Å². The monoisotopic (exact) mass is 357 g/mol. The molecule has 0 aliphatic rings. The lowest BCUT2D eigenvalue weighted by molar-refractivity contribution is 0.585. The highest BCUT2D eigenvalue weighted by atomic mass is 35.5. The molecule has 2 heterocycles. The van der Waals surface area contributed by atoms with Crippen molar-refractivity contribution in [2.24, 2.45) is 5.73 Å². The Balaban J connectivity index is 2.36. The first-order chi connectivity index (χ1) is 10.5. The SMILES string of the molecule is NCCn1c(=O)n(S(=O)(=O)c2ccc(Cl)s2)c2ccccc21. The average molecular weight is 358 g/mol. The van der Waals surface area contributed by atoms with E-state index in [1.54, 1.807) is 24.3 Å². The summed E-state index contributed by atoms with van der Waals surface area (Å²) >= 11 is 6.73. The van der Waals surface area contributed by atoms with Gasteiger partial charge in [0.25, 0.3) is 10.0 Å². The second-order valence-corrected chi connectivity index (χ2v) is 8.27. The number of rotatable bonds is 4. The van der Waals surface area contributed by atoms with E-state index in [0.29, 0.717) is 15.4 Å². The van der Waals surface area contributed by atoms with Gasteiger partial charge in [-0.25, -0.2) is 4.79 Å². The highest BCUT2D eigenvalue weighted by Crippen LogP contribution is 2.28. The quantitative estimate of drug-likeness (QED) is 0.770. The van der Waals surface area contributed by atoms with Gasteiger partial charge in [-0.1, -0.05) is 23.7 Å². The number of hydrogen-bond donors (Lipinski definition) is 1. The van der Waals surface area contributed by atoms with Gasteiger partial charge in [0.2, 0.25) is 0 Å². The second kappa shape index (κ2) is 5.54. The van der Waals surface area contributed by atoms with Gasteiger partial charge < -0.3 is 5.73 Å². The van der Waals surface area contributed by atoms with Gasteiger partial charge in [0.1, 0.15) is 4.21 Å². The van der Waals surface area contributed by atoms with Gasteiger partial charge in [0.15, 0.2) is 0 Å². The molecule has 22 heavy (non-hydrogen) atoms. The lowest BCUT2D eigenvalue weighted by Gasteiger charge is -2.02. The molecule has 2 N–H and O–H groups in total. The molecule has 0 amide bonds. The third-order valence-corrected chi connectivity index (χ3v) is 6.58. The Hall–Kier alpha value is -1.61. The largest absolute Gasteiger partial charge is 0.343 e. The maximum absolute atomic E-state index is 12.8. The molecule has 0 unspecified atom stereocenters. The van der Waals surface area contributed by atoms with Gasteiger partial charge in [-0.3, -0.25) is 4.57 Å². The van der Waals surface area contributed by atoms with E-state index in [4.69, 9.17) is 17.3 Å². The van der Waals surface area contributed by atoms with E-state index in [9.17, 15) is 13.2 Å². The Kier molecular flexibility index (Phi) is 3.85. The normalized spacial score (nSPS) is 12.1. The zero-order chi connectivity index (χ0) is 15.9. The van der Waals surface area contributed by atoms with Crippen molar-refractivity contribution in [3.05, 3.63) is 51.2 Å². The van der Waals surface area contributed by atoms with Gasteiger partial charge >= 0.3 is 5.69 Å². The number of hydrogen-bond acceptors (Lipinski definition) is 5. The molecule has 0 fully saturated rings. The number of aromatic nitrogens is 2. The first kappa shape index (κ1) is 15.3. The molecule has 0 saturated heterocycles. The van der Waals surface area contributed by atoms with Gasteiger partial charge in [-0.15, -0.1) is 11.3 Å². The average Bonchev–Trinajstić information content (AvgIpc) is 3.03. The Morgan fingerprint density at radius 2 is 1.82 bits per heavy atom. The highest BCUT2D eigenvalue weighted by Gasteiger charge is 2.26. The fourth-order valence-corrected chi connectivity index (χ4v) is 5.25. The van der Waals surface area contributed by atoms with Gasteiger partial charge in [0.05, 0.1) is 15.4 Å². The van der Waals surface area contributed by atoms with Crippen LogP contribution in [-0.2, 0) is 16.6 Å². The number of imidazole rings is 1. The maximum atomic E-state index is 12.8. The van der Waals surface area contributed by atoms with Crippen LogP contribution in [0.15, 0.2) is 45.4 Å². The summed E-state index contributed by atoms with van der Waals surface area (Å²) in [5, 5.41) is 0. The first-order valence-electron chi connectivity index (χ1n) is 6.38. The topological polar surface area (TPSA) is 87.1 Å². The molecule has 0 saturated carbocycles. The van der Waals surface area contributed by atoms with E-state index in [1.165, 1.54) is 16.7 Å². The van der Waals surface area contributed by atoms with E-state index >= 15 is 0 Å². The van der Waals surface area contributed by atoms with Crippen molar-refractivity contribution < 1.29 is 8.42 Å². The van der Waals surface area contributed by atoms with Crippen molar-refractivity contribution in [3.8, 4) is 0 Å². The minimum absolute atomic E-state index is 0.0234. The molecule has 1 aromatic carbocycles. The number of thiophene rings is 1. The van der Waals surface area contributed by atoms with Crippen molar-refractivity contribution in [1.82, 2.24) is 8.54 Å². The predicted molar refractivity (Wildman–Crippen MR) is 87.2 cm³/mol. The Bertz CT molecular complexity index is 1000. The molecule has 0 radical (unpaired) electrons. The standard InChI is InChI=1S/C13H12ClN3O3S2/c14-11-5-6-12(21-11)22(19,20)17-10-4-2-1-3-9(10)16(8-7-15)13(17)18/h1-6H,7-8,15H2. The molecular formula is C13H12ClN3O3S2. The number of fused-ring (bicyclic) bond motifs is 1. The molecule has 3 aromatic rings. The molecular weight excluding hydrogens is 346 g/mol. The van der Waals surface area contributed by atoms with Gasteiger partial charge in [-0.2, -0.15) is 12.4 Å². The summed E-state index contributed by atoms with van der Waals surface area (Å²) < 4.78 is 28.1. The van der Waals surface area contributed by atoms with E-state index in [1.807, 2.05) is 0 Å². The lowest BCUT2D eigenvalue weighted by atomic mass is 10.3. The van der Waals surface area contributed by atoms with Crippen LogP contribution in [0.1, 0.15) is 0 Å². The second-order valence-electron chi connectivity index (χ2n) is 4.54. The third-order valence-electron chi connectivity index (χ3n) is 3.19. The third kappa shape index (κ3) is 2.28. The lowest BCUT2D eigenvalue weighted by Crippen LogP contribution is -2.30. The van der Waals surface area contributed by atoms with Crippen molar-refractivity contribution in [1.29, 1.82) is 0 Å². The van der Waals surface area contributed by atoms with E-state index in [2.05, 4.69) is 0 Å². The molecule has 0 aliphatic carbocycles. The molecule has 9 heteroatoms. The number of nitrogens with zero attached hydrogens (tertiary/aromatic N) is 2. The van der Waals surface area contributed by atoms with E-state index in [-0.39, 0.29) is 17.3 Å². The van der Waals surface area contributed by atoms with Crippen molar-refractivity contribution >= 4 is 44.0 Å². The zero-order valence-corrected chi connectivity index (χ0v) is 13.7. The Morgan fingerprint density at radius 3 is 2.41 bits per heavy atom. The van der Waals surface area contributed by atoms with Crippen molar-refractivity contribution in [2.75, 3.05) is 6.54 Å². The molecule has 0 atom stereocenters. The van der Waals surface area contributed by atoms with E-state index < -0.39 is 15.7 Å². The van der Waals surface area contributed by atoms with Crippen molar-refractivity contribution in [3.63, 3.8) is 0 Å². The molecule has 0 aliphatic heterocycles. The Morgan fingerprint density at radius 1 is 1.14 bits per heavy atom. The molecule has 0 bridgehead atoms. The fraction of sp³-hybridized carbons (Fsp3) is 0.154. The van der Waals surface area contributed by atoms with Crippen LogP contribution in [0.2, 0.25) is 4.34 Å². The number of benzene rings is 1. The van der Waals surface area contributed by atoms with Crippen LogP contribution < -0.4 is 11.4 Å². The molecule has 0 spiro atoms. The summed E-state index contributed by atoms with van der Waals surface area (Å²) in [7, 11) is -4.00. The van der Waals surface area contributed by atoms with Crippen LogP contribution >= 0.6 is 22.9 Å². The minimum Gasteiger partial charge on any atom is -0.329 e. The summed E-state index contributed by atoms with van der Waals surface area (Å²) in [6.07, 6.45) is 0. The highest BCUT2D eigenvalue weighted by molar-refractivity contribution is 7.92. The van der Waals surface area contributed by atoms with Crippen molar-refractivity contribution in [2.45, 2.75) is 10.8 Å². The molecule has 3 rings (SSSR count). The fourth-order valence-electron chi connectivity index (χ4n) is 2.28. The summed E-state index contributed by atoms with van der Waals surface area (Å²) in [6.45, 7) is 0.478. The summed E-state index contributed by atoms with van der Waals surface area (Å²) in [6, 6.07) is 9.60. The Labute approximate surface area is 135 Å². The minimum atomic E-state index is -4.00.